The summed E-state index contributed by atoms with van der Waals surface area (Å²) in [6.07, 6.45) is 4.34. The highest BCUT2D eigenvalue weighted by atomic mass is 19.1. The molecule has 3 aromatic rings. The number of aromatic nitrogens is 2. The average molecular weight is 409 g/mol. The average Bonchev–Trinajstić information content (AvgIpc) is 3.43. The minimum Gasteiger partial charge on any atom is -0.491 e. The molecule has 4 rings (SSSR count). The van der Waals surface area contributed by atoms with Crippen LogP contribution in [0.4, 0.5) is 10.1 Å². The van der Waals surface area contributed by atoms with Crippen molar-refractivity contribution in [2.45, 2.75) is 32.3 Å². The van der Waals surface area contributed by atoms with Crippen molar-refractivity contribution in [1.29, 1.82) is 0 Å². The Labute approximate surface area is 174 Å². The highest BCUT2D eigenvalue weighted by Crippen LogP contribution is 2.22. The summed E-state index contributed by atoms with van der Waals surface area (Å²) >= 11 is 0. The first-order valence-electron chi connectivity index (χ1n) is 10.1. The molecular formula is C23H24FN3O3. The van der Waals surface area contributed by atoms with Gasteiger partial charge in [-0.1, -0.05) is 13.0 Å². The molecule has 0 saturated carbocycles. The van der Waals surface area contributed by atoms with E-state index in [4.69, 9.17) is 9.47 Å². The number of amides is 1. The monoisotopic (exact) mass is 409 g/mol. The van der Waals surface area contributed by atoms with Crippen LogP contribution in [0.1, 0.15) is 35.8 Å². The third kappa shape index (κ3) is 4.52. The number of carbonyl (C=O) groups is 1. The zero-order chi connectivity index (χ0) is 20.9. The number of hydrogen-bond acceptors (Lipinski definition) is 4. The van der Waals surface area contributed by atoms with Gasteiger partial charge in [-0.15, -0.1) is 0 Å². The predicted octanol–water partition coefficient (Wildman–Crippen LogP) is 4.38. The molecule has 1 aromatic heterocycles. The van der Waals surface area contributed by atoms with E-state index in [9.17, 15) is 9.18 Å². The number of anilines is 1. The normalized spacial score (nSPS) is 15.9. The quantitative estimate of drug-likeness (QED) is 0.629. The summed E-state index contributed by atoms with van der Waals surface area (Å²) in [5, 5.41) is 7.25. The molecule has 1 N–H and O–H groups in total. The zero-order valence-corrected chi connectivity index (χ0v) is 16.8. The van der Waals surface area contributed by atoms with Crippen LogP contribution in [0.2, 0.25) is 0 Å². The molecule has 30 heavy (non-hydrogen) atoms. The van der Waals surface area contributed by atoms with Crippen molar-refractivity contribution in [3.63, 3.8) is 0 Å². The second-order valence-corrected chi connectivity index (χ2v) is 7.17. The summed E-state index contributed by atoms with van der Waals surface area (Å²) in [7, 11) is 0. The number of carbonyl (C=O) groups excluding carboxylic acids is 1. The standard InChI is InChI=1S/C23H24FN3O3/c1-2-22-21(14-25-27(22)18-10-8-16(24)9-11-18)23(28)26-17-5-3-6-19(13-17)30-15-20-7-4-12-29-20/h3,5-6,8-11,13-14,20H,2,4,7,12,15H2,1H3,(H,26,28)/t20-/m0/s1. The summed E-state index contributed by atoms with van der Waals surface area (Å²) in [4.78, 5) is 12.9. The van der Waals surface area contributed by atoms with Gasteiger partial charge in [-0.3, -0.25) is 4.79 Å². The smallest absolute Gasteiger partial charge is 0.259 e. The lowest BCUT2D eigenvalue weighted by molar-refractivity contribution is 0.0680. The highest BCUT2D eigenvalue weighted by Gasteiger charge is 2.18. The number of ether oxygens (including phenoxy) is 2. The second kappa shape index (κ2) is 9.09. The van der Waals surface area contributed by atoms with E-state index in [-0.39, 0.29) is 17.8 Å². The molecule has 1 aliphatic rings. The lowest BCUT2D eigenvalue weighted by Crippen LogP contribution is -2.17. The lowest BCUT2D eigenvalue weighted by atomic mass is 10.1. The fourth-order valence-corrected chi connectivity index (χ4v) is 3.54. The highest BCUT2D eigenvalue weighted by molar-refractivity contribution is 6.05. The molecule has 1 saturated heterocycles. The maximum atomic E-state index is 13.2. The van der Waals surface area contributed by atoms with Crippen molar-refractivity contribution in [2.24, 2.45) is 0 Å². The van der Waals surface area contributed by atoms with E-state index in [1.54, 1.807) is 22.9 Å². The molecule has 1 aliphatic heterocycles. The molecule has 0 radical (unpaired) electrons. The van der Waals surface area contributed by atoms with E-state index >= 15 is 0 Å². The van der Waals surface area contributed by atoms with E-state index in [1.165, 1.54) is 18.3 Å². The van der Waals surface area contributed by atoms with E-state index in [2.05, 4.69) is 10.4 Å². The molecule has 6 nitrogen and oxygen atoms in total. The number of nitrogens with one attached hydrogen (secondary N) is 1. The Kier molecular flexibility index (Phi) is 6.09. The molecule has 7 heteroatoms. The molecule has 156 valence electrons. The largest absolute Gasteiger partial charge is 0.491 e. The summed E-state index contributed by atoms with van der Waals surface area (Å²) in [5.41, 5.74) is 2.58. The Balaban J connectivity index is 1.47. The number of hydrogen-bond donors (Lipinski definition) is 1. The van der Waals surface area contributed by atoms with E-state index in [0.717, 1.165) is 25.1 Å². The van der Waals surface area contributed by atoms with Crippen LogP contribution < -0.4 is 10.1 Å². The Hall–Kier alpha value is -3.19. The third-order valence-electron chi connectivity index (χ3n) is 5.07. The maximum absolute atomic E-state index is 13.2. The zero-order valence-electron chi connectivity index (χ0n) is 16.8. The molecular weight excluding hydrogens is 385 g/mol. The minimum atomic E-state index is -0.316. The van der Waals surface area contributed by atoms with Crippen LogP contribution in [0, 0.1) is 5.82 Å². The van der Waals surface area contributed by atoms with Crippen LogP contribution in [0.25, 0.3) is 5.69 Å². The lowest BCUT2D eigenvalue weighted by Gasteiger charge is -2.13. The Morgan fingerprint density at radius 1 is 1.30 bits per heavy atom. The summed E-state index contributed by atoms with van der Waals surface area (Å²) in [6, 6.07) is 13.3. The van der Waals surface area contributed by atoms with Gasteiger partial charge >= 0.3 is 0 Å². The van der Waals surface area contributed by atoms with Gasteiger partial charge in [0, 0.05) is 18.4 Å². The number of rotatable bonds is 7. The van der Waals surface area contributed by atoms with Gasteiger partial charge < -0.3 is 14.8 Å². The third-order valence-corrected chi connectivity index (χ3v) is 5.07. The molecule has 0 unspecified atom stereocenters. The van der Waals surface area contributed by atoms with Crippen molar-refractivity contribution in [2.75, 3.05) is 18.5 Å². The topological polar surface area (TPSA) is 65.4 Å². The van der Waals surface area contributed by atoms with Crippen LogP contribution in [-0.4, -0.2) is 35.0 Å². The van der Waals surface area contributed by atoms with E-state index in [1.807, 2.05) is 25.1 Å². The van der Waals surface area contributed by atoms with Crippen molar-refractivity contribution in [1.82, 2.24) is 9.78 Å². The molecule has 2 aromatic carbocycles. The van der Waals surface area contributed by atoms with Gasteiger partial charge in [0.05, 0.1) is 29.2 Å². The number of benzene rings is 2. The van der Waals surface area contributed by atoms with Crippen LogP contribution in [-0.2, 0) is 11.2 Å². The van der Waals surface area contributed by atoms with Crippen molar-refractivity contribution < 1.29 is 18.7 Å². The van der Waals surface area contributed by atoms with Gasteiger partial charge in [0.25, 0.3) is 5.91 Å². The van der Waals surface area contributed by atoms with Gasteiger partial charge in [0.1, 0.15) is 18.2 Å². The summed E-state index contributed by atoms with van der Waals surface area (Å²) in [6.45, 7) is 3.24. The first-order valence-corrected chi connectivity index (χ1v) is 10.1. The van der Waals surface area contributed by atoms with Crippen LogP contribution in [0.5, 0.6) is 5.75 Å². The molecule has 1 amide bonds. The van der Waals surface area contributed by atoms with Gasteiger partial charge in [-0.05, 0) is 55.7 Å². The Morgan fingerprint density at radius 3 is 2.87 bits per heavy atom. The first-order chi connectivity index (χ1) is 14.6. The number of halogens is 1. The first kappa shape index (κ1) is 20.1. The second-order valence-electron chi connectivity index (χ2n) is 7.17. The molecule has 0 spiro atoms. The molecule has 0 aliphatic carbocycles. The van der Waals surface area contributed by atoms with Crippen LogP contribution in [0.15, 0.2) is 54.7 Å². The van der Waals surface area contributed by atoms with Gasteiger partial charge in [0.15, 0.2) is 0 Å². The maximum Gasteiger partial charge on any atom is 0.259 e. The van der Waals surface area contributed by atoms with Gasteiger partial charge in [-0.25, -0.2) is 9.07 Å². The van der Waals surface area contributed by atoms with Gasteiger partial charge in [0.2, 0.25) is 0 Å². The Morgan fingerprint density at radius 2 is 2.13 bits per heavy atom. The van der Waals surface area contributed by atoms with Crippen LogP contribution >= 0.6 is 0 Å². The summed E-state index contributed by atoms with van der Waals surface area (Å²) < 4.78 is 26.3. The fraction of sp³-hybridized carbons (Fsp3) is 0.304. The SMILES string of the molecule is CCc1c(C(=O)Nc2cccc(OC[C@@H]3CCCO3)c2)cnn1-c1ccc(F)cc1. The molecule has 2 heterocycles. The summed E-state index contributed by atoms with van der Waals surface area (Å²) in [5.74, 6) is 0.112. The number of nitrogens with zero attached hydrogens (tertiary/aromatic N) is 2. The molecule has 0 bridgehead atoms. The van der Waals surface area contributed by atoms with E-state index < -0.39 is 0 Å². The molecule has 1 fully saturated rings. The molecule has 1 atom stereocenters. The van der Waals surface area contributed by atoms with Crippen molar-refractivity contribution in [3.05, 3.63) is 71.8 Å². The Bertz CT molecular complexity index is 1010. The van der Waals surface area contributed by atoms with Gasteiger partial charge in [-0.2, -0.15) is 5.10 Å². The predicted molar refractivity (Wildman–Crippen MR) is 112 cm³/mol. The fourth-order valence-electron chi connectivity index (χ4n) is 3.54. The van der Waals surface area contributed by atoms with Crippen molar-refractivity contribution in [3.8, 4) is 11.4 Å². The minimum absolute atomic E-state index is 0.132. The van der Waals surface area contributed by atoms with E-state index in [0.29, 0.717) is 35.7 Å². The van der Waals surface area contributed by atoms with Crippen LogP contribution in [0.3, 0.4) is 0 Å². The van der Waals surface area contributed by atoms with Crippen molar-refractivity contribution >= 4 is 11.6 Å².